The molecule has 3 atom stereocenters. The summed E-state index contributed by atoms with van der Waals surface area (Å²) in [7, 11) is 0. The van der Waals surface area contributed by atoms with Crippen molar-refractivity contribution in [3.63, 3.8) is 0 Å². The first-order chi connectivity index (χ1) is 5.75. The number of fused-ring (bicyclic) bond motifs is 2. The van der Waals surface area contributed by atoms with E-state index in [2.05, 4.69) is 12.2 Å². The fraction of sp³-hybridized carbons (Fsp3) is 0.500. The molecule has 12 heavy (non-hydrogen) atoms. The van der Waals surface area contributed by atoms with Crippen molar-refractivity contribution in [2.24, 2.45) is 17.8 Å². The standard InChI is InChI=1S/C10H12O2/c11-10(12)4-3-9-6-7-1-2-8(9)5-7/h1-4,7-9H,5-6H2,(H,11,12)/p-1/t7-,8+,9+/m0/s1. The van der Waals surface area contributed by atoms with Crippen LogP contribution in [0.15, 0.2) is 24.3 Å². The molecule has 0 saturated heterocycles. The number of carbonyl (C=O) groups excluding carboxylic acids is 1. The molecule has 0 aliphatic heterocycles. The zero-order valence-corrected chi connectivity index (χ0v) is 6.77. The Morgan fingerprint density at radius 1 is 1.42 bits per heavy atom. The van der Waals surface area contributed by atoms with Crippen LogP contribution in [0, 0.1) is 17.8 Å². The maximum Gasteiger partial charge on any atom is 0.0639 e. The highest BCUT2D eigenvalue weighted by Crippen LogP contribution is 2.43. The minimum Gasteiger partial charge on any atom is -0.545 e. The average molecular weight is 163 g/mol. The molecule has 0 spiro atoms. The molecule has 2 rings (SSSR count). The smallest absolute Gasteiger partial charge is 0.0639 e. The Balaban J connectivity index is 1.99. The highest BCUT2D eigenvalue weighted by molar-refractivity contribution is 5.77. The lowest BCUT2D eigenvalue weighted by atomic mass is 9.93. The van der Waals surface area contributed by atoms with Crippen molar-refractivity contribution in [3.8, 4) is 0 Å². The summed E-state index contributed by atoms with van der Waals surface area (Å²) in [6.07, 6.45) is 9.72. The normalized spacial score (nSPS) is 38.2. The Labute approximate surface area is 71.6 Å². The summed E-state index contributed by atoms with van der Waals surface area (Å²) < 4.78 is 0. The van der Waals surface area contributed by atoms with Gasteiger partial charge in [0.15, 0.2) is 0 Å². The second-order valence-corrected chi connectivity index (χ2v) is 3.62. The summed E-state index contributed by atoms with van der Waals surface area (Å²) in [5.41, 5.74) is 0. The van der Waals surface area contributed by atoms with Crippen LogP contribution in [0.25, 0.3) is 0 Å². The van der Waals surface area contributed by atoms with E-state index in [-0.39, 0.29) is 0 Å². The van der Waals surface area contributed by atoms with Crippen molar-refractivity contribution in [3.05, 3.63) is 24.3 Å². The summed E-state index contributed by atoms with van der Waals surface area (Å²) in [4.78, 5) is 10.1. The molecule has 0 amide bonds. The van der Waals surface area contributed by atoms with Crippen molar-refractivity contribution in [2.75, 3.05) is 0 Å². The second-order valence-electron chi connectivity index (χ2n) is 3.62. The van der Waals surface area contributed by atoms with Crippen molar-refractivity contribution in [2.45, 2.75) is 12.8 Å². The van der Waals surface area contributed by atoms with Gasteiger partial charge in [-0.25, -0.2) is 0 Å². The molecule has 2 heteroatoms. The van der Waals surface area contributed by atoms with Crippen molar-refractivity contribution in [1.29, 1.82) is 0 Å². The molecule has 0 aromatic rings. The minimum atomic E-state index is -1.08. The Bertz CT molecular complexity index is 253. The molecule has 2 aliphatic rings. The van der Waals surface area contributed by atoms with Crippen molar-refractivity contribution in [1.82, 2.24) is 0 Å². The van der Waals surface area contributed by atoms with E-state index in [1.165, 1.54) is 12.5 Å². The molecule has 2 bridgehead atoms. The molecule has 2 nitrogen and oxygen atoms in total. The Kier molecular flexibility index (Phi) is 1.75. The zero-order chi connectivity index (χ0) is 8.55. The van der Waals surface area contributed by atoms with Crippen LogP contribution in [-0.4, -0.2) is 5.97 Å². The van der Waals surface area contributed by atoms with Crippen LogP contribution < -0.4 is 5.11 Å². The van der Waals surface area contributed by atoms with Gasteiger partial charge in [-0.2, -0.15) is 0 Å². The summed E-state index contributed by atoms with van der Waals surface area (Å²) in [6.45, 7) is 0. The van der Waals surface area contributed by atoms with Gasteiger partial charge in [0.1, 0.15) is 0 Å². The predicted octanol–water partition coefficient (Wildman–Crippen LogP) is 0.505. The third-order valence-electron chi connectivity index (χ3n) is 2.81. The van der Waals surface area contributed by atoms with E-state index in [4.69, 9.17) is 0 Å². The van der Waals surface area contributed by atoms with Gasteiger partial charge in [0.2, 0.25) is 0 Å². The molecule has 0 unspecified atom stereocenters. The molecule has 64 valence electrons. The molecule has 0 aromatic carbocycles. The van der Waals surface area contributed by atoms with Crippen molar-refractivity contribution >= 4 is 5.97 Å². The van der Waals surface area contributed by atoms with Gasteiger partial charge < -0.3 is 9.90 Å². The van der Waals surface area contributed by atoms with E-state index in [0.29, 0.717) is 17.8 Å². The Hall–Kier alpha value is -1.05. The number of carbonyl (C=O) groups is 1. The van der Waals surface area contributed by atoms with Gasteiger partial charge in [-0.1, -0.05) is 18.2 Å². The first-order valence-corrected chi connectivity index (χ1v) is 4.33. The van der Waals surface area contributed by atoms with Crippen LogP contribution in [-0.2, 0) is 4.79 Å². The first-order valence-electron chi connectivity index (χ1n) is 4.33. The number of rotatable bonds is 2. The van der Waals surface area contributed by atoms with E-state index >= 15 is 0 Å². The highest BCUT2D eigenvalue weighted by atomic mass is 16.4. The van der Waals surface area contributed by atoms with E-state index in [1.807, 2.05) is 0 Å². The largest absolute Gasteiger partial charge is 0.545 e. The lowest BCUT2D eigenvalue weighted by Crippen LogP contribution is -2.19. The van der Waals surface area contributed by atoms with Gasteiger partial charge >= 0.3 is 0 Å². The molecule has 1 fully saturated rings. The van der Waals surface area contributed by atoms with Crippen molar-refractivity contribution < 1.29 is 9.90 Å². The van der Waals surface area contributed by atoms with Crippen LogP contribution in [0.4, 0.5) is 0 Å². The van der Waals surface area contributed by atoms with E-state index in [1.54, 1.807) is 6.08 Å². The van der Waals surface area contributed by atoms with Crippen LogP contribution in [0.5, 0.6) is 0 Å². The molecule has 2 aliphatic carbocycles. The lowest BCUT2D eigenvalue weighted by Gasteiger charge is -2.12. The predicted molar refractivity (Wildman–Crippen MR) is 43.0 cm³/mol. The zero-order valence-electron chi connectivity index (χ0n) is 6.77. The third-order valence-corrected chi connectivity index (χ3v) is 2.81. The molecular formula is C10H11O2-. The molecular weight excluding hydrogens is 152 g/mol. The fourth-order valence-electron chi connectivity index (χ4n) is 2.25. The van der Waals surface area contributed by atoms with Gasteiger partial charge in [0.05, 0.1) is 5.97 Å². The number of aliphatic carboxylic acids is 1. The van der Waals surface area contributed by atoms with Gasteiger partial charge in [-0.05, 0) is 36.7 Å². The molecule has 1 saturated carbocycles. The SMILES string of the molecule is O=C([O-])C=C[C@@H]1C[C@H]2C=C[C@@H]1C2. The lowest BCUT2D eigenvalue weighted by molar-refractivity contribution is -0.297. The monoisotopic (exact) mass is 163 g/mol. The van der Waals surface area contributed by atoms with Gasteiger partial charge in [0.25, 0.3) is 0 Å². The Morgan fingerprint density at radius 3 is 2.75 bits per heavy atom. The van der Waals surface area contributed by atoms with E-state index in [9.17, 15) is 9.90 Å². The van der Waals surface area contributed by atoms with E-state index < -0.39 is 5.97 Å². The summed E-state index contributed by atoms with van der Waals surface area (Å²) in [6, 6.07) is 0. The maximum absolute atomic E-state index is 10.1. The number of hydrogen-bond acceptors (Lipinski definition) is 2. The average Bonchev–Trinajstić information content (AvgIpc) is 2.60. The van der Waals surface area contributed by atoms with Gasteiger partial charge in [-0.3, -0.25) is 0 Å². The summed E-state index contributed by atoms with van der Waals surface area (Å²) in [5.74, 6) is 0.650. The van der Waals surface area contributed by atoms with Gasteiger partial charge in [-0.15, -0.1) is 0 Å². The maximum atomic E-state index is 10.1. The first kappa shape index (κ1) is 7.59. The topological polar surface area (TPSA) is 40.1 Å². The number of carboxylic acid groups (broad SMARTS) is 1. The van der Waals surface area contributed by atoms with E-state index in [0.717, 1.165) is 6.42 Å². The molecule has 0 N–H and O–H groups in total. The number of carboxylic acids is 1. The quantitative estimate of drug-likeness (QED) is 0.439. The highest BCUT2D eigenvalue weighted by Gasteiger charge is 2.33. The van der Waals surface area contributed by atoms with Crippen LogP contribution in [0.2, 0.25) is 0 Å². The van der Waals surface area contributed by atoms with Crippen LogP contribution in [0.3, 0.4) is 0 Å². The minimum absolute atomic E-state index is 0.442. The summed E-state index contributed by atoms with van der Waals surface area (Å²) in [5, 5.41) is 10.1. The van der Waals surface area contributed by atoms with Crippen LogP contribution in [0.1, 0.15) is 12.8 Å². The molecule has 0 aromatic heterocycles. The fourth-order valence-corrected chi connectivity index (χ4v) is 2.25. The Morgan fingerprint density at radius 2 is 2.25 bits per heavy atom. The van der Waals surface area contributed by atoms with Gasteiger partial charge in [0, 0.05) is 0 Å². The molecule has 0 heterocycles. The third kappa shape index (κ3) is 1.29. The number of allylic oxidation sites excluding steroid dienone is 3. The summed E-state index contributed by atoms with van der Waals surface area (Å²) >= 11 is 0. The number of hydrogen-bond donors (Lipinski definition) is 0. The second kappa shape index (κ2) is 2.77. The van der Waals surface area contributed by atoms with Crippen LogP contribution >= 0.6 is 0 Å². The molecule has 0 radical (unpaired) electrons.